The third-order valence-electron chi connectivity index (χ3n) is 3.29. The van der Waals surface area contributed by atoms with Crippen LogP contribution in [0.25, 0.3) is 6.08 Å². The van der Waals surface area contributed by atoms with E-state index < -0.39 is 28.9 Å². The maximum atomic E-state index is 12.7. The predicted molar refractivity (Wildman–Crippen MR) is 89.3 cm³/mol. The number of H-pyrrole nitrogens is 1. The van der Waals surface area contributed by atoms with Gasteiger partial charge in [-0.2, -0.15) is 13.2 Å². The van der Waals surface area contributed by atoms with Crippen molar-refractivity contribution in [1.82, 2.24) is 4.98 Å². The molecular formula is C17H15F3N2O4. The zero-order valence-corrected chi connectivity index (χ0v) is 13.8. The molecule has 0 unspecified atom stereocenters. The molecule has 9 heteroatoms. The summed E-state index contributed by atoms with van der Waals surface area (Å²) in [7, 11) is 2.93. The Morgan fingerprint density at radius 2 is 1.73 bits per heavy atom. The Balaban J connectivity index is 2.19. The molecule has 0 bridgehead atoms. The van der Waals surface area contributed by atoms with Crippen molar-refractivity contribution in [3.05, 3.63) is 58.0 Å². The Morgan fingerprint density at radius 3 is 2.27 bits per heavy atom. The van der Waals surface area contributed by atoms with E-state index in [1.165, 1.54) is 20.3 Å². The Hall–Kier alpha value is -3.23. The minimum atomic E-state index is -4.64. The first-order chi connectivity index (χ1) is 12.2. The number of anilines is 1. The molecule has 26 heavy (non-hydrogen) atoms. The first-order valence-electron chi connectivity index (χ1n) is 7.25. The lowest BCUT2D eigenvalue weighted by Gasteiger charge is -2.08. The lowest BCUT2D eigenvalue weighted by molar-refractivity contribution is -0.137. The average Bonchev–Trinajstić information content (AvgIpc) is 2.60. The molecule has 0 aliphatic heterocycles. The maximum absolute atomic E-state index is 12.7. The summed E-state index contributed by atoms with van der Waals surface area (Å²) in [6.07, 6.45) is -1.62. The molecule has 0 aliphatic rings. The van der Waals surface area contributed by atoms with E-state index in [1.807, 2.05) is 4.98 Å². The monoisotopic (exact) mass is 368 g/mol. The Kier molecular flexibility index (Phi) is 5.71. The van der Waals surface area contributed by atoms with Gasteiger partial charge in [0.1, 0.15) is 17.2 Å². The predicted octanol–water partition coefficient (Wildman–Crippen LogP) is 3.06. The van der Waals surface area contributed by atoms with Crippen molar-refractivity contribution in [2.45, 2.75) is 6.18 Å². The SMILES string of the molecule is COc1cc(/C=C/C(=O)Nc2cc(C(F)(F)F)c[nH]c2=O)cc(OC)c1. The van der Waals surface area contributed by atoms with Gasteiger partial charge in [0.05, 0.1) is 19.8 Å². The molecule has 0 fully saturated rings. The summed E-state index contributed by atoms with van der Waals surface area (Å²) in [5, 5.41) is 2.12. The number of carbonyl (C=O) groups excluding carboxylic acids is 1. The van der Waals surface area contributed by atoms with Gasteiger partial charge in [0.25, 0.3) is 5.56 Å². The zero-order valence-electron chi connectivity index (χ0n) is 13.8. The highest BCUT2D eigenvalue weighted by Gasteiger charge is 2.31. The van der Waals surface area contributed by atoms with Crippen LogP contribution in [0, 0.1) is 0 Å². The van der Waals surface area contributed by atoms with Crippen LogP contribution in [0.4, 0.5) is 18.9 Å². The number of carbonyl (C=O) groups is 1. The Labute approximate surface area is 146 Å². The number of alkyl halides is 3. The van der Waals surface area contributed by atoms with Crippen molar-refractivity contribution >= 4 is 17.7 Å². The summed E-state index contributed by atoms with van der Waals surface area (Å²) in [6, 6.07) is 5.46. The standard InChI is InChI=1S/C17H15F3N2O4/c1-25-12-5-10(6-13(8-12)26-2)3-4-15(23)22-14-7-11(17(18,19)20)9-21-16(14)24/h3-9H,1-2H3,(H,21,24)(H,22,23)/b4-3+. The first-order valence-corrected chi connectivity index (χ1v) is 7.25. The second-order valence-electron chi connectivity index (χ2n) is 5.10. The van der Waals surface area contributed by atoms with Crippen LogP contribution < -0.4 is 20.3 Å². The quantitative estimate of drug-likeness (QED) is 0.795. The van der Waals surface area contributed by atoms with Gasteiger partial charge in [-0.1, -0.05) is 0 Å². The smallest absolute Gasteiger partial charge is 0.417 e. The molecule has 2 N–H and O–H groups in total. The highest BCUT2D eigenvalue weighted by molar-refractivity contribution is 6.01. The summed E-state index contributed by atoms with van der Waals surface area (Å²) >= 11 is 0. The molecule has 0 aliphatic carbocycles. The van der Waals surface area contributed by atoms with Gasteiger partial charge in [-0.05, 0) is 29.8 Å². The van der Waals surface area contributed by atoms with E-state index >= 15 is 0 Å². The molecule has 2 aromatic rings. The highest BCUT2D eigenvalue weighted by Crippen LogP contribution is 2.29. The Morgan fingerprint density at radius 1 is 1.12 bits per heavy atom. The molecule has 0 saturated heterocycles. The largest absolute Gasteiger partial charge is 0.497 e. The lowest BCUT2D eigenvalue weighted by atomic mass is 10.2. The van der Waals surface area contributed by atoms with Gasteiger partial charge in [-0.25, -0.2) is 0 Å². The van der Waals surface area contributed by atoms with Crippen LogP contribution in [0.15, 0.2) is 41.3 Å². The van der Waals surface area contributed by atoms with E-state index in [1.54, 1.807) is 18.2 Å². The van der Waals surface area contributed by atoms with Crippen LogP contribution >= 0.6 is 0 Å². The third-order valence-corrected chi connectivity index (χ3v) is 3.29. The minimum absolute atomic E-state index is 0.499. The average molecular weight is 368 g/mol. The number of rotatable bonds is 5. The number of hydrogen-bond acceptors (Lipinski definition) is 4. The molecule has 1 amide bonds. The first kappa shape index (κ1) is 19.1. The van der Waals surface area contributed by atoms with Gasteiger partial charge in [0.2, 0.25) is 5.91 Å². The number of aromatic nitrogens is 1. The lowest BCUT2D eigenvalue weighted by Crippen LogP contribution is -2.20. The molecular weight excluding hydrogens is 353 g/mol. The van der Waals surface area contributed by atoms with Crippen molar-refractivity contribution in [3.63, 3.8) is 0 Å². The number of nitrogens with one attached hydrogen (secondary N) is 2. The van der Waals surface area contributed by atoms with Crippen LogP contribution in [0.3, 0.4) is 0 Å². The number of pyridine rings is 1. The highest BCUT2D eigenvalue weighted by atomic mass is 19.4. The molecule has 1 aromatic carbocycles. The van der Waals surface area contributed by atoms with Gasteiger partial charge < -0.3 is 19.8 Å². The molecule has 0 radical (unpaired) electrons. The fraction of sp³-hybridized carbons (Fsp3) is 0.176. The molecule has 0 saturated carbocycles. The molecule has 2 rings (SSSR count). The van der Waals surface area contributed by atoms with Crippen LogP contribution in [0.2, 0.25) is 0 Å². The van der Waals surface area contributed by atoms with Crippen molar-refractivity contribution in [2.75, 3.05) is 19.5 Å². The molecule has 0 atom stereocenters. The second kappa shape index (κ2) is 7.77. The van der Waals surface area contributed by atoms with Gasteiger partial charge in [0.15, 0.2) is 0 Å². The molecule has 6 nitrogen and oxygen atoms in total. The van der Waals surface area contributed by atoms with E-state index in [0.29, 0.717) is 29.3 Å². The minimum Gasteiger partial charge on any atom is -0.497 e. The summed E-state index contributed by atoms with van der Waals surface area (Å²) in [6.45, 7) is 0. The van der Waals surface area contributed by atoms with Gasteiger partial charge in [-0.3, -0.25) is 9.59 Å². The zero-order chi connectivity index (χ0) is 19.3. The summed E-state index contributed by atoms with van der Waals surface area (Å²) in [5.74, 6) is 0.231. The fourth-order valence-corrected chi connectivity index (χ4v) is 2.01. The number of halogens is 3. The van der Waals surface area contributed by atoms with Crippen LogP contribution in [0.5, 0.6) is 11.5 Å². The van der Waals surface area contributed by atoms with Crippen molar-refractivity contribution in [1.29, 1.82) is 0 Å². The molecule has 138 valence electrons. The number of benzene rings is 1. The maximum Gasteiger partial charge on any atom is 0.417 e. The number of ether oxygens (including phenoxy) is 2. The second-order valence-corrected chi connectivity index (χ2v) is 5.10. The topological polar surface area (TPSA) is 80.4 Å². The number of methoxy groups -OCH3 is 2. The van der Waals surface area contributed by atoms with Crippen molar-refractivity contribution < 1.29 is 27.4 Å². The van der Waals surface area contributed by atoms with Crippen LogP contribution in [-0.2, 0) is 11.0 Å². The van der Waals surface area contributed by atoms with Crippen LogP contribution in [-0.4, -0.2) is 25.1 Å². The van der Waals surface area contributed by atoms with Crippen molar-refractivity contribution in [2.24, 2.45) is 0 Å². The van der Waals surface area contributed by atoms with E-state index in [2.05, 4.69) is 5.32 Å². The van der Waals surface area contributed by atoms with Crippen molar-refractivity contribution in [3.8, 4) is 11.5 Å². The summed E-state index contributed by atoms with van der Waals surface area (Å²) in [4.78, 5) is 25.4. The van der Waals surface area contributed by atoms with Gasteiger partial charge in [-0.15, -0.1) is 0 Å². The fourth-order valence-electron chi connectivity index (χ4n) is 2.01. The van der Waals surface area contributed by atoms with Gasteiger partial charge >= 0.3 is 6.18 Å². The van der Waals surface area contributed by atoms with Crippen LogP contribution in [0.1, 0.15) is 11.1 Å². The summed E-state index contributed by atoms with van der Waals surface area (Å²) < 4.78 is 48.2. The normalized spacial score (nSPS) is 11.4. The van der Waals surface area contributed by atoms with E-state index in [4.69, 9.17) is 9.47 Å². The molecule has 1 heterocycles. The van der Waals surface area contributed by atoms with E-state index in [9.17, 15) is 22.8 Å². The Bertz CT molecular complexity index is 866. The molecule has 0 spiro atoms. The number of aromatic amines is 1. The third kappa shape index (κ3) is 4.88. The van der Waals surface area contributed by atoms with E-state index in [0.717, 1.165) is 6.08 Å². The van der Waals surface area contributed by atoms with Gasteiger partial charge in [0, 0.05) is 18.3 Å². The number of amides is 1. The number of hydrogen-bond donors (Lipinski definition) is 2. The van der Waals surface area contributed by atoms with E-state index in [-0.39, 0.29) is 0 Å². The molecule has 1 aromatic heterocycles. The summed E-state index contributed by atoms with van der Waals surface area (Å²) in [5.41, 5.74) is -1.86.